The zero-order valence-corrected chi connectivity index (χ0v) is 31.9. The summed E-state index contributed by atoms with van der Waals surface area (Å²) in [5.41, 5.74) is 13.4. The van der Waals surface area contributed by atoms with Crippen molar-refractivity contribution in [2.24, 2.45) is 17.3 Å². The number of hydrogen-bond acceptors (Lipinski definition) is 0. The Morgan fingerprint density at radius 1 is 0.800 bits per heavy atom. The van der Waals surface area contributed by atoms with Gasteiger partial charge in [-0.2, -0.15) is 0 Å². The Hall–Kier alpha value is -2.31. The maximum atomic E-state index is 2.66. The summed E-state index contributed by atoms with van der Waals surface area (Å²) < 4.78 is 3.23. The van der Waals surface area contributed by atoms with Crippen LogP contribution in [0, 0.1) is 24.2 Å². The second-order valence-electron chi connectivity index (χ2n) is 13.6. The topological polar surface area (TPSA) is 0 Å². The van der Waals surface area contributed by atoms with E-state index in [1.54, 1.807) is 23.2 Å². The fraction of sp³-hybridized carbons (Fsp3) is 0.310. The first-order valence-electron chi connectivity index (χ1n) is 16.1. The van der Waals surface area contributed by atoms with Crippen LogP contribution >= 0.6 is 0 Å². The SMILES string of the molecule is Cc1cc(C(C)C)c2c(c1)=[C]([Zr+2]=[C](c1ccccc1)c1ccccc1)C1=C(C3=CC=CC3)C(C)(C(C)C)C(C(C)C)=CC=21.[Cl-].[Cl-]. The van der Waals surface area contributed by atoms with Crippen molar-refractivity contribution in [3.05, 3.63) is 152 Å². The van der Waals surface area contributed by atoms with Crippen LogP contribution in [0.1, 0.15) is 83.1 Å². The van der Waals surface area contributed by atoms with Crippen LogP contribution in [0.25, 0.3) is 8.85 Å². The minimum absolute atomic E-state index is 0. The van der Waals surface area contributed by atoms with Crippen LogP contribution in [0.5, 0.6) is 0 Å². The van der Waals surface area contributed by atoms with Gasteiger partial charge in [0.05, 0.1) is 0 Å². The van der Waals surface area contributed by atoms with Gasteiger partial charge in [-0.1, -0.05) is 0 Å². The molecule has 6 rings (SSSR count). The molecule has 3 aliphatic rings. The van der Waals surface area contributed by atoms with Crippen molar-refractivity contribution in [2.75, 3.05) is 0 Å². The smallest absolute Gasteiger partial charge is 1.00 e. The number of rotatable bonds is 7. The van der Waals surface area contributed by atoms with Crippen LogP contribution in [0.3, 0.4) is 0 Å². The molecule has 0 nitrogen and oxygen atoms in total. The van der Waals surface area contributed by atoms with E-state index in [4.69, 9.17) is 0 Å². The molecule has 0 radical (unpaired) electrons. The van der Waals surface area contributed by atoms with Gasteiger partial charge in [0.2, 0.25) is 0 Å². The fourth-order valence-corrected chi connectivity index (χ4v) is 11.5. The first-order chi connectivity index (χ1) is 20.6. The molecule has 0 amide bonds. The van der Waals surface area contributed by atoms with E-state index < -0.39 is 22.8 Å². The Balaban J connectivity index is 0.00000230. The summed E-state index contributed by atoms with van der Waals surface area (Å²) in [6.45, 7) is 19.3. The Kier molecular flexibility index (Phi) is 11.2. The predicted molar refractivity (Wildman–Crippen MR) is 182 cm³/mol. The van der Waals surface area contributed by atoms with Crippen LogP contribution in [-0.4, -0.2) is 3.21 Å². The third kappa shape index (κ3) is 6.23. The second kappa shape index (κ2) is 14.2. The average Bonchev–Trinajstić information content (AvgIpc) is 3.62. The number of halogens is 2. The van der Waals surface area contributed by atoms with Crippen molar-refractivity contribution >= 4 is 12.1 Å². The van der Waals surface area contributed by atoms with Gasteiger partial charge in [0, 0.05) is 0 Å². The zero-order chi connectivity index (χ0) is 30.5. The minimum atomic E-state index is -1.32. The van der Waals surface area contributed by atoms with Crippen LogP contribution < -0.4 is 35.3 Å². The van der Waals surface area contributed by atoms with E-state index in [2.05, 4.69) is 152 Å². The molecule has 0 N–H and O–H groups in total. The fourth-order valence-electron chi connectivity index (χ4n) is 7.57. The minimum Gasteiger partial charge on any atom is -1.00 e. The summed E-state index contributed by atoms with van der Waals surface area (Å²) in [5, 5.41) is 3.03. The molecule has 0 heterocycles. The Morgan fingerprint density at radius 3 is 1.89 bits per heavy atom. The molecular weight excluding hydrogens is 667 g/mol. The largest absolute Gasteiger partial charge is 1.00 e. The molecule has 3 heteroatoms. The first kappa shape index (κ1) is 35.5. The van der Waals surface area contributed by atoms with Gasteiger partial charge in [-0.3, -0.25) is 0 Å². The van der Waals surface area contributed by atoms with E-state index in [0.717, 1.165) is 6.42 Å². The van der Waals surface area contributed by atoms with E-state index in [0.29, 0.717) is 17.8 Å². The van der Waals surface area contributed by atoms with E-state index in [9.17, 15) is 0 Å². The standard InChI is InChI=1S/C29H35.C13H10.2ClH.Zr/c1-17(2)23-14-20(7)13-22-15-25-24(27(22)23)16-26(18(3)4)29(8,19(5)6)28(25)21-11-9-10-12-21;1-3-7-12(8-4-1)11-13-9-5-2-6-10-13;;;/h9-11,13-14,16-19H,12H2,1-8H3;1-10H;2*1H;/q;;;;+2/p-2. The van der Waals surface area contributed by atoms with Crippen molar-refractivity contribution in [3.8, 4) is 0 Å². The van der Waals surface area contributed by atoms with Gasteiger partial charge >= 0.3 is 272 Å². The van der Waals surface area contributed by atoms with Gasteiger partial charge in [0.1, 0.15) is 0 Å². The molecule has 1 atom stereocenters. The van der Waals surface area contributed by atoms with E-state index in [1.807, 2.05) is 0 Å². The van der Waals surface area contributed by atoms with E-state index in [1.165, 1.54) is 43.8 Å². The Bertz CT molecular complexity index is 1820. The normalized spacial score (nSPS) is 18.4. The molecule has 3 aliphatic carbocycles. The van der Waals surface area contributed by atoms with Crippen LogP contribution in [0.15, 0.2) is 119 Å². The number of hydrogen-bond donors (Lipinski definition) is 0. The van der Waals surface area contributed by atoms with Crippen molar-refractivity contribution in [3.63, 3.8) is 0 Å². The number of fused-ring (bicyclic) bond motifs is 2. The maximum absolute atomic E-state index is 2.66. The van der Waals surface area contributed by atoms with E-state index in [-0.39, 0.29) is 30.2 Å². The van der Waals surface area contributed by atoms with Crippen LogP contribution in [0.4, 0.5) is 0 Å². The average molecular weight is 712 g/mol. The monoisotopic (exact) mass is 709 g/mol. The molecule has 3 aromatic carbocycles. The summed E-state index contributed by atoms with van der Waals surface area (Å²) in [6.07, 6.45) is 10.7. The van der Waals surface area contributed by atoms with Crippen molar-refractivity contribution in [1.82, 2.24) is 0 Å². The molecule has 0 saturated carbocycles. The quantitative estimate of drug-likeness (QED) is 0.354. The molecule has 0 aliphatic heterocycles. The second-order valence-corrected chi connectivity index (χ2v) is 16.7. The Morgan fingerprint density at radius 2 is 1.40 bits per heavy atom. The van der Waals surface area contributed by atoms with Gasteiger partial charge in [0.15, 0.2) is 0 Å². The van der Waals surface area contributed by atoms with Gasteiger partial charge in [-0.05, 0) is 0 Å². The van der Waals surface area contributed by atoms with Crippen LogP contribution in [0.2, 0.25) is 0 Å². The molecule has 0 bridgehead atoms. The van der Waals surface area contributed by atoms with Crippen molar-refractivity contribution in [1.29, 1.82) is 0 Å². The summed E-state index contributed by atoms with van der Waals surface area (Å²) >= 11 is -1.32. The molecule has 45 heavy (non-hydrogen) atoms. The number of aryl methyl sites for hydroxylation is 1. The predicted octanol–water partition coefficient (Wildman–Crippen LogP) is 3.19. The maximum Gasteiger partial charge on any atom is -1.00 e. The third-order valence-corrected chi connectivity index (χ3v) is 13.8. The van der Waals surface area contributed by atoms with Crippen LogP contribution in [-0.2, 0) is 22.8 Å². The third-order valence-electron chi connectivity index (χ3n) is 9.91. The van der Waals surface area contributed by atoms with Crippen molar-refractivity contribution < 1.29 is 47.6 Å². The molecule has 0 fully saturated rings. The van der Waals surface area contributed by atoms with Gasteiger partial charge in [0.25, 0.3) is 0 Å². The summed E-state index contributed by atoms with van der Waals surface area (Å²) in [5.74, 6) is 1.42. The number of allylic oxidation sites excluding steroid dienone is 8. The zero-order valence-electron chi connectivity index (χ0n) is 27.9. The molecule has 0 saturated heterocycles. The summed E-state index contributed by atoms with van der Waals surface area (Å²) in [4.78, 5) is 0. The molecule has 0 spiro atoms. The first-order valence-corrected chi connectivity index (χ1v) is 18.6. The summed E-state index contributed by atoms with van der Waals surface area (Å²) in [7, 11) is 0. The number of benzene rings is 3. The van der Waals surface area contributed by atoms with Gasteiger partial charge in [-0.25, -0.2) is 0 Å². The van der Waals surface area contributed by atoms with Crippen molar-refractivity contribution in [2.45, 2.75) is 67.7 Å². The molecule has 231 valence electrons. The Labute approximate surface area is 294 Å². The van der Waals surface area contributed by atoms with Gasteiger partial charge in [-0.15, -0.1) is 0 Å². The molecular formula is C42H45Cl2Zr. The van der Waals surface area contributed by atoms with E-state index >= 15 is 0 Å². The van der Waals surface area contributed by atoms with Gasteiger partial charge < -0.3 is 24.8 Å². The summed E-state index contributed by atoms with van der Waals surface area (Å²) in [6, 6.07) is 27.4. The molecule has 1 unspecified atom stereocenters. The molecule has 3 aromatic rings. The molecule has 0 aromatic heterocycles.